The maximum absolute atomic E-state index is 12.4. The van der Waals surface area contributed by atoms with Crippen LogP contribution in [0.5, 0.6) is 5.75 Å². The number of benzene rings is 1. The second-order valence-corrected chi connectivity index (χ2v) is 7.65. The number of hydrogen-bond donors (Lipinski definition) is 1. The molecule has 0 fully saturated rings. The molecule has 0 saturated carbocycles. The molecule has 3 aromatic heterocycles. The summed E-state index contributed by atoms with van der Waals surface area (Å²) in [7, 11) is 3.32. The third-order valence-electron chi connectivity index (χ3n) is 4.85. The van der Waals surface area contributed by atoms with Gasteiger partial charge < -0.3 is 10.1 Å². The molecule has 1 amide bonds. The van der Waals surface area contributed by atoms with Crippen LogP contribution < -0.4 is 15.6 Å². The Hall–Kier alpha value is -3.20. The van der Waals surface area contributed by atoms with Crippen molar-refractivity contribution in [2.24, 2.45) is 7.05 Å². The Morgan fingerprint density at radius 1 is 1.21 bits per heavy atom. The third-order valence-corrected chi connectivity index (χ3v) is 5.74. The summed E-state index contributed by atoms with van der Waals surface area (Å²) in [5.41, 5.74) is 1.76. The van der Waals surface area contributed by atoms with Gasteiger partial charge in [0.2, 0.25) is 11.7 Å². The van der Waals surface area contributed by atoms with Crippen LogP contribution in [0.3, 0.4) is 0 Å². The fourth-order valence-corrected chi connectivity index (χ4v) is 4.11. The zero-order chi connectivity index (χ0) is 20.4. The number of thiophene rings is 1. The Balaban J connectivity index is 1.38. The number of methoxy groups -OCH3 is 1. The van der Waals surface area contributed by atoms with Crippen LogP contribution in [0.15, 0.2) is 40.5 Å². The number of carbonyl (C=O) groups is 1. The molecule has 0 spiro atoms. The first-order valence-corrected chi connectivity index (χ1v) is 10.2. The fraction of sp³-hybridized carbons (Fsp3) is 0.300. The van der Waals surface area contributed by atoms with Crippen LogP contribution in [0, 0.1) is 0 Å². The molecule has 0 atom stereocenters. The first-order chi connectivity index (χ1) is 14.1. The summed E-state index contributed by atoms with van der Waals surface area (Å²) in [6.45, 7) is 0.480. The van der Waals surface area contributed by atoms with Gasteiger partial charge in [-0.05, 0) is 35.6 Å². The van der Waals surface area contributed by atoms with E-state index in [0.29, 0.717) is 36.3 Å². The average molecular weight is 411 g/mol. The minimum Gasteiger partial charge on any atom is -0.497 e. The normalized spacial score (nSPS) is 11.2. The van der Waals surface area contributed by atoms with Gasteiger partial charge in [0, 0.05) is 26.4 Å². The molecular formula is C20H21N5O3S. The van der Waals surface area contributed by atoms with Gasteiger partial charge in [0.1, 0.15) is 16.3 Å². The van der Waals surface area contributed by atoms with Crippen LogP contribution >= 0.6 is 11.3 Å². The van der Waals surface area contributed by atoms with Crippen molar-refractivity contribution in [3.8, 4) is 5.75 Å². The molecule has 4 aromatic rings. The lowest BCUT2D eigenvalue weighted by atomic mass is 10.2. The first kappa shape index (κ1) is 19.1. The Morgan fingerprint density at radius 2 is 2.00 bits per heavy atom. The van der Waals surface area contributed by atoms with Crippen LogP contribution in [0.25, 0.3) is 16.0 Å². The summed E-state index contributed by atoms with van der Waals surface area (Å²) in [6, 6.07) is 9.51. The van der Waals surface area contributed by atoms with Gasteiger partial charge in [-0.3, -0.25) is 18.6 Å². The highest BCUT2D eigenvalue weighted by Gasteiger charge is 2.15. The average Bonchev–Trinajstić information content (AvgIpc) is 3.38. The van der Waals surface area contributed by atoms with Crippen molar-refractivity contribution in [1.82, 2.24) is 24.5 Å². The largest absolute Gasteiger partial charge is 0.497 e. The predicted molar refractivity (Wildman–Crippen MR) is 111 cm³/mol. The molecule has 3 heterocycles. The molecule has 0 aliphatic heterocycles. The smallest absolute Gasteiger partial charge is 0.272 e. The molecule has 29 heavy (non-hydrogen) atoms. The SMILES string of the molecule is COc1ccc(CNC(=O)CCCc2nnc3n(C)c(=O)c4sccc4n23)cc1. The molecule has 0 unspecified atom stereocenters. The van der Waals surface area contributed by atoms with Gasteiger partial charge in [-0.1, -0.05) is 12.1 Å². The number of nitrogens with one attached hydrogen (secondary N) is 1. The second-order valence-electron chi connectivity index (χ2n) is 6.73. The molecule has 0 aliphatic rings. The lowest BCUT2D eigenvalue weighted by Gasteiger charge is -2.07. The van der Waals surface area contributed by atoms with E-state index in [0.717, 1.165) is 22.7 Å². The van der Waals surface area contributed by atoms with E-state index in [9.17, 15) is 9.59 Å². The van der Waals surface area contributed by atoms with Crippen molar-refractivity contribution in [3.05, 3.63) is 57.5 Å². The molecule has 150 valence electrons. The maximum atomic E-state index is 12.4. The highest BCUT2D eigenvalue weighted by molar-refractivity contribution is 7.17. The van der Waals surface area contributed by atoms with Gasteiger partial charge in [-0.25, -0.2) is 0 Å². The molecule has 0 aliphatic carbocycles. The van der Waals surface area contributed by atoms with E-state index in [1.54, 1.807) is 14.2 Å². The summed E-state index contributed by atoms with van der Waals surface area (Å²) < 4.78 is 9.23. The van der Waals surface area contributed by atoms with E-state index >= 15 is 0 Å². The second kappa shape index (κ2) is 8.04. The highest BCUT2D eigenvalue weighted by atomic mass is 32.1. The molecular weight excluding hydrogens is 390 g/mol. The lowest BCUT2D eigenvalue weighted by Crippen LogP contribution is -2.22. The van der Waals surface area contributed by atoms with Crippen LogP contribution in [0.1, 0.15) is 24.2 Å². The van der Waals surface area contributed by atoms with E-state index in [-0.39, 0.29) is 11.5 Å². The van der Waals surface area contributed by atoms with Gasteiger partial charge >= 0.3 is 0 Å². The van der Waals surface area contributed by atoms with Crippen LogP contribution in [0.4, 0.5) is 0 Å². The van der Waals surface area contributed by atoms with E-state index in [2.05, 4.69) is 15.5 Å². The van der Waals surface area contributed by atoms with E-state index in [4.69, 9.17) is 4.74 Å². The van der Waals surface area contributed by atoms with Gasteiger partial charge in [0.05, 0.1) is 12.6 Å². The monoisotopic (exact) mass is 411 g/mol. The van der Waals surface area contributed by atoms with Gasteiger partial charge in [-0.15, -0.1) is 21.5 Å². The summed E-state index contributed by atoms with van der Waals surface area (Å²) in [5, 5.41) is 13.2. The number of rotatable bonds is 7. The van der Waals surface area contributed by atoms with Gasteiger partial charge in [0.25, 0.3) is 5.56 Å². The number of ether oxygens (including phenoxy) is 1. The van der Waals surface area contributed by atoms with Crippen molar-refractivity contribution in [2.75, 3.05) is 7.11 Å². The maximum Gasteiger partial charge on any atom is 0.272 e. The predicted octanol–water partition coefficient (Wildman–Crippen LogP) is 2.29. The molecule has 0 radical (unpaired) electrons. The Labute approximate surface area is 170 Å². The van der Waals surface area contributed by atoms with Crippen molar-refractivity contribution in [2.45, 2.75) is 25.8 Å². The first-order valence-electron chi connectivity index (χ1n) is 9.28. The summed E-state index contributed by atoms with van der Waals surface area (Å²) in [6.07, 6.45) is 1.63. The van der Waals surface area contributed by atoms with E-state index < -0.39 is 0 Å². The number of nitrogens with zero attached hydrogens (tertiary/aromatic N) is 4. The Bertz CT molecular complexity index is 1220. The summed E-state index contributed by atoms with van der Waals surface area (Å²) in [4.78, 5) is 24.6. The van der Waals surface area contributed by atoms with Crippen molar-refractivity contribution < 1.29 is 9.53 Å². The topological polar surface area (TPSA) is 90.5 Å². The molecule has 0 bridgehead atoms. The van der Waals surface area contributed by atoms with Crippen molar-refractivity contribution >= 4 is 33.2 Å². The number of amides is 1. The Morgan fingerprint density at radius 3 is 2.76 bits per heavy atom. The number of carbonyl (C=O) groups excluding carboxylic acids is 1. The zero-order valence-electron chi connectivity index (χ0n) is 16.2. The van der Waals surface area contributed by atoms with Crippen LogP contribution in [-0.2, 0) is 24.8 Å². The summed E-state index contributed by atoms with van der Waals surface area (Å²) >= 11 is 1.41. The number of aryl methyl sites for hydroxylation is 2. The van der Waals surface area contributed by atoms with Crippen molar-refractivity contribution in [1.29, 1.82) is 0 Å². The highest BCUT2D eigenvalue weighted by Crippen LogP contribution is 2.20. The fourth-order valence-electron chi connectivity index (χ4n) is 3.25. The quantitative estimate of drug-likeness (QED) is 0.504. The lowest BCUT2D eigenvalue weighted by molar-refractivity contribution is -0.121. The number of aromatic nitrogens is 4. The molecule has 4 rings (SSSR count). The van der Waals surface area contributed by atoms with E-state index in [1.165, 1.54) is 15.9 Å². The molecule has 1 aromatic carbocycles. The standard InChI is InChI=1S/C20H21N5O3S/c1-24-19(27)18-15(10-11-29-18)25-16(22-23-20(24)25)4-3-5-17(26)21-12-13-6-8-14(28-2)9-7-13/h6-11H,3-5,12H2,1-2H3,(H,21,26). The Kier molecular flexibility index (Phi) is 5.30. The minimum atomic E-state index is -0.0700. The van der Waals surface area contributed by atoms with Crippen molar-refractivity contribution in [3.63, 3.8) is 0 Å². The third kappa shape index (κ3) is 3.73. The zero-order valence-corrected chi connectivity index (χ0v) is 17.0. The van der Waals surface area contributed by atoms with Gasteiger partial charge in [-0.2, -0.15) is 0 Å². The molecule has 9 heteroatoms. The number of hydrogen-bond acceptors (Lipinski definition) is 6. The molecule has 1 N–H and O–H groups in total. The number of fused-ring (bicyclic) bond motifs is 3. The van der Waals surface area contributed by atoms with E-state index in [1.807, 2.05) is 40.1 Å². The summed E-state index contributed by atoms with van der Waals surface area (Å²) in [5.74, 6) is 2.04. The van der Waals surface area contributed by atoms with Crippen LogP contribution in [0.2, 0.25) is 0 Å². The molecule has 8 nitrogen and oxygen atoms in total. The molecule has 0 saturated heterocycles. The minimum absolute atomic E-state index is 0.0114. The van der Waals surface area contributed by atoms with Gasteiger partial charge in [0.15, 0.2) is 0 Å². The van der Waals surface area contributed by atoms with Crippen LogP contribution in [-0.4, -0.2) is 32.2 Å².